The second-order valence-corrected chi connectivity index (χ2v) is 5.16. The standard InChI is InChI=1S/C18H18N2/c1-14-8-10-17(11-9-14)18-15(2)20(13-19-18)12-16-6-4-3-5-7-16/h3-11,13H,12H2,1-2H3. The van der Waals surface area contributed by atoms with E-state index in [0.717, 1.165) is 12.2 Å². The molecule has 0 unspecified atom stereocenters. The normalized spacial score (nSPS) is 10.7. The quantitative estimate of drug-likeness (QED) is 0.691. The molecule has 0 spiro atoms. The van der Waals surface area contributed by atoms with Crippen LogP contribution in [0.25, 0.3) is 11.3 Å². The molecule has 2 aromatic carbocycles. The molecule has 1 aromatic heterocycles. The molecular weight excluding hydrogens is 244 g/mol. The molecule has 0 saturated carbocycles. The first-order valence-corrected chi connectivity index (χ1v) is 6.87. The summed E-state index contributed by atoms with van der Waals surface area (Å²) >= 11 is 0. The van der Waals surface area contributed by atoms with Gasteiger partial charge in [0.1, 0.15) is 0 Å². The Morgan fingerprint density at radius 2 is 1.60 bits per heavy atom. The lowest BCUT2D eigenvalue weighted by Crippen LogP contribution is -2.00. The van der Waals surface area contributed by atoms with Gasteiger partial charge in [-0.3, -0.25) is 0 Å². The van der Waals surface area contributed by atoms with Gasteiger partial charge in [0.05, 0.1) is 12.0 Å². The third-order valence-corrected chi connectivity index (χ3v) is 3.62. The van der Waals surface area contributed by atoms with Crippen LogP contribution in [0.2, 0.25) is 0 Å². The van der Waals surface area contributed by atoms with Crippen molar-refractivity contribution in [1.82, 2.24) is 9.55 Å². The van der Waals surface area contributed by atoms with E-state index in [0.29, 0.717) is 0 Å². The van der Waals surface area contributed by atoms with Gasteiger partial charge in [0, 0.05) is 17.8 Å². The topological polar surface area (TPSA) is 17.8 Å². The molecule has 2 nitrogen and oxygen atoms in total. The zero-order chi connectivity index (χ0) is 13.9. The number of hydrogen-bond donors (Lipinski definition) is 0. The molecule has 0 aliphatic carbocycles. The van der Waals surface area contributed by atoms with Gasteiger partial charge in [0.15, 0.2) is 0 Å². The van der Waals surface area contributed by atoms with E-state index in [1.807, 2.05) is 12.4 Å². The van der Waals surface area contributed by atoms with Crippen molar-refractivity contribution in [2.45, 2.75) is 20.4 Å². The van der Waals surface area contributed by atoms with Crippen LogP contribution in [0.1, 0.15) is 16.8 Å². The lowest BCUT2D eigenvalue weighted by atomic mass is 10.1. The molecule has 3 rings (SSSR count). The van der Waals surface area contributed by atoms with Crippen LogP contribution in [-0.4, -0.2) is 9.55 Å². The fraction of sp³-hybridized carbons (Fsp3) is 0.167. The highest BCUT2D eigenvalue weighted by Gasteiger charge is 2.08. The summed E-state index contributed by atoms with van der Waals surface area (Å²) in [6, 6.07) is 19.0. The maximum absolute atomic E-state index is 4.57. The average Bonchev–Trinajstić information content (AvgIpc) is 2.83. The first-order chi connectivity index (χ1) is 9.74. The molecule has 0 amide bonds. The van der Waals surface area contributed by atoms with Gasteiger partial charge in [-0.1, -0.05) is 60.2 Å². The molecular formula is C18H18N2. The lowest BCUT2D eigenvalue weighted by molar-refractivity contribution is 0.770. The van der Waals surface area contributed by atoms with Crippen LogP contribution < -0.4 is 0 Å². The van der Waals surface area contributed by atoms with Gasteiger partial charge in [-0.2, -0.15) is 0 Å². The number of hydrogen-bond acceptors (Lipinski definition) is 1. The van der Waals surface area contributed by atoms with Gasteiger partial charge < -0.3 is 4.57 Å². The number of rotatable bonds is 3. The summed E-state index contributed by atoms with van der Waals surface area (Å²) in [6.07, 6.45) is 1.93. The van der Waals surface area contributed by atoms with Gasteiger partial charge in [0.2, 0.25) is 0 Å². The average molecular weight is 262 g/mol. The molecule has 3 aromatic rings. The van der Waals surface area contributed by atoms with E-state index in [2.05, 4.69) is 71.9 Å². The molecule has 0 radical (unpaired) electrons. The molecule has 2 heteroatoms. The lowest BCUT2D eigenvalue weighted by Gasteiger charge is -2.06. The van der Waals surface area contributed by atoms with Crippen LogP contribution in [-0.2, 0) is 6.54 Å². The van der Waals surface area contributed by atoms with Crippen LogP contribution in [0.4, 0.5) is 0 Å². The van der Waals surface area contributed by atoms with Crippen LogP contribution in [0.3, 0.4) is 0 Å². The van der Waals surface area contributed by atoms with Gasteiger partial charge >= 0.3 is 0 Å². The Bertz CT molecular complexity index is 694. The van der Waals surface area contributed by atoms with Crippen molar-refractivity contribution in [3.63, 3.8) is 0 Å². The van der Waals surface area contributed by atoms with Crippen molar-refractivity contribution in [3.05, 3.63) is 77.7 Å². The predicted octanol–water partition coefficient (Wildman–Crippen LogP) is 4.22. The summed E-state index contributed by atoms with van der Waals surface area (Å²) in [5.41, 5.74) is 6.03. The molecule has 100 valence electrons. The van der Waals surface area contributed by atoms with E-state index in [1.165, 1.54) is 22.4 Å². The van der Waals surface area contributed by atoms with Crippen LogP contribution in [0, 0.1) is 13.8 Å². The largest absolute Gasteiger partial charge is 0.330 e. The van der Waals surface area contributed by atoms with Crippen molar-refractivity contribution in [2.75, 3.05) is 0 Å². The number of nitrogens with zero attached hydrogens (tertiary/aromatic N) is 2. The zero-order valence-corrected chi connectivity index (χ0v) is 11.9. The minimum absolute atomic E-state index is 0.867. The zero-order valence-electron chi connectivity index (χ0n) is 11.9. The van der Waals surface area contributed by atoms with Crippen molar-refractivity contribution in [1.29, 1.82) is 0 Å². The minimum atomic E-state index is 0.867. The molecule has 0 bridgehead atoms. The first kappa shape index (κ1) is 12.7. The molecule has 0 saturated heterocycles. The van der Waals surface area contributed by atoms with Crippen LogP contribution >= 0.6 is 0 Å². The van der Waals surface area contributed by atoms with Crippen LogP contribution in [0.15, 0.2) is 60.9 Å². The Balaban J connectivity index is 1.91. The van der Waals surface area contributed by atoms with Crippen molar-refractivity contribution in [2.24, 2.45) is 0 Å². The molecule has 0 atom stereocenters. The Labute approximate surface area is 119 Å². The minimum Gasteiger partial charge on any atom is -0.330 e. The highest BCUT2D eigenvalue weighted by Crippen LogP contribution is 2.22. The smallest absolute Gasteiger partial charge is 0.0959 e. The summed E-state index contributed by atoms with van der Waals surface area (Å²) in [5.74, 6) is 0. The second kappa shape index (κ2) is 5.33. The summed E-state index contributed by atoms with van der Waals surface area (Å²) in [4.78, 5) is 4.57. The third kappa shape index (κ3) is 2.50. The maximum atomic E-state index is 4.57. The molecule has 20 heavy (non-hydrogen) atoms. The molecule has 0 aliphatic heterocycles. The first-order valence-electron chi connectivity index (χ1n) is 6.87. The summed E-state index contributed by atoms with van der Waals surface area (Å²) in [6.45, 7) is 5.10. The van der Waals surface area contributed by atoms with Gasteiger partial charge in [-0.25, -0.2) is 4.98 Å². The number of benzene rings is 2. The highest BCUT2D eigenvalue weighted by molar-refractivity contribution is 5.62. The van der Waals surface area contributed by atoms with Crippen molar-refractivity contribution < 1.29 is 0 Å². The number of aryl methyl sites for hydroxylation is 1. The van der Waals surface area contributed by atoms with Crippen molar-refractivity contribution >= 4 is 0 Å². The van der Waals surface area contributed by atoms with Gasteiger partial charge in [-0.15, -0.1) is 0 Å². The predicted molar refractivity (Wildman–Crippen MR) is 82.7 cm³/mol. The monoisotopic (exact) mass is 262 g/mol. The fourth-order valence-electron chi connectivity index (χ4n) is 2.38. The van der Waals surface area contributed by atoms with Crippen LogP contribution in [0.5, 0.6) is 0 Å². The van der Waals surface area contributed by atoms with E-state index in [4.69, 9.17) is 0 Å². The molecule has 0 N–H and O–H groups in total. The SMILES string of the molecule is Cc1ccc(-c2ncn(Cc3ccccc3)c2C)cc1. The van der Waals surface area contributed by atoms with Crippen molar-refractivity contribution in [3.8, 4) is 11.3 Å². The summed E-state index contributed by atoms with van der Waals surface area (Å²) in [7, 11) is 0. The number of imidazole rings is 1. The fourth-order valence-corrected chi connectivity index (χ4v) is 2.38. The Kier molecular flexibility index (Phi) is 3.38. The highest BCUT2D eigenvalue weighted by atomic mass is 15.1. The summed E-state index contributed by atoms with van der Waals surface area (Å²) in [5, 5.41) is 0. The Morgan fingerprint density at radius 3 is 2.30 bits per heavy atom. The molecule has 1 heterocycles. The number of aromatic nitrogens is 2. The second-order valence-electron chi connectivity index (χ2n) is 5.16. The van der Waals surface area contributed by atoms with Gasteiger partial charge in [-0.05, 0) is 19.4 Å². The Morgan fingerprint density at radius 1 is 0.900 bits per heavy atom. The molecule has 0 fully saturated rings. The van der Waals surface area contributed by atoms with E-state index in [-0.39, 0.29) is 0 Å². The maximum Gasteiger partial charge on any atom is 0.0959 e. The molecule has 0 aliphatic rings. The third-order valence-electron chi connectivity index (χ3n) is 3.62. The van der Waals surface area contributed by atoms with Gasteiger partial charge in [0.25, 0.3) is 0 Å². The summed E-state index contributed by atoms with van der Waals surface area (Å²) < 4.78 is 2.20. The van der Waals surface area contributed by atoms with E-state index in [1.54, 1.807) is 0 Å². The van der Waals surface area contributed by atoms with E-state index >= 15 is 0 Å². The van der Waals surface area contributed by atoms with E-state index in [9.17, 15) is 0 Å². The Hall–Kier alpha value is -2.35. The van der Waals surface area contributed by atoms with E-state index < -0.39 is 0 Å².